The zero-order valence-corrected chi connectivity index (χ0v) is 22.2. The topological polar surface area (TPSA) is 71.0 Å². The Hall–Kier alpha value is -4.85. The van der Waals surface area contributed by atoms with Crippen molar-refractivity contribution in [2.45, 2.75) is 19.8 Å². The molecule has 6 nitrogen and oxygen atoms in total. The molecule has 0 saturated carbocycles. The number of hydrazone groups is 1. The van der Waals surface area contributed by atoms with Crippen molar-refractivity contribution in [2.24, 2.45) is 11.0 Å². The highest BCUT2D eigenvalue weighted by Crippen LogP contribution is 2.43. The summed E-state index contributed by atoms with van der Waals surface area (Å²) >= 11 is 0. The van der Waals surface area contributed by atoms with Gasteiger partial charge in [0.15, 0.2) is 5.92 Å². The molecule has 40 heavy (non-hydrogen) atoms. The number of rotatable bonds is 7. The SMILES string of the molecule is COc1c(-c2ccccc2)cc(N2N=C(C)C(C(=O)Nc3cccc(C(C)(F)F)c3)C2=O)cc1-c1ccccc1. The first kappa shape index (κ1) is 26.7. The second kappa shape index (κ2) is 10.7. The van der Waals surface area contributed by atoms with Crippen LogP contribution in [0, 0.1) is 5.92 Å². The van der Waals surface area contributed by atoms with Gasteiger partial charge in [-0.05, 0) is 42.3 Å². The average molecular weight is 540 g/mol. The van der Waals surface area contributed by atoms with Gasteiger partial charge in [0, 0.05) is 29.3 Å². The summed E-state index contributed by atoms with van der Waals surface area (Å²) in [6.45, 7) is 2.38. The standard InChI is InChI=1S/C32H27F2N3O3/c1-20-28(30(38)35-24-16-10-15-23(17-24)32(2,33)34)31(39)37(36-20)25-18-26(21-11-6-4-7-12-21)29(40-3)27(19-25)22-13-8-5-9-14-22/h4-19,28H,1-3H3,(H,35,38). The van der Waals surface area contributed by atoms with E-state index in [0.29, 0.717) is 11.4 Å². The number of halogens is 2. The van der Waals surface area contributed by atoms with E-state index in [1.54, 1.807) is 14.0 Å². The van der Waals surface area contributed by atoms with Crippen LogP contribution in [0.3, 0.4) is 0 Å². The van der Waals surface area contributed by atoms with Gasteiger partial charge in [-0.25, -0.2) is 8.78 Å². The van der Waals surface area contributed by atoms with Crippen LogP contribution in [-0.2, 0) is 15.5 Å². The van der Waals surface area contributed by atoms with Crippen molar-refractivity contribution in [1.82, 2.24) is 0 Å². The number of amides is 2. The maximum Gasteiger partial charge on any atom is 0.270 e. The number of hydrogen-bond acceptors (Lipinski definition) is 4. The molecule has 1 aliphatic heterocycles. The molecule has 2 amide bonds. The fourth-order valence-electron chi connectivity index (χ4n) is 4.76. The number of nitrogens with zero attached hydrogens (tertiary/aromatic N) is 2. The molecular weight excluding hydrogens is 512 g/mol. The Labute approximate surface area is 230 Å². The van der Waals surface area contributed by atoms with Gasteiger partial charge in [-0.1, -0.05) is 72.8 Å². The number of carbonyl (C=O) groups is 2. The Morgan fingerprint density at radius 3 is 2.00 bits per heavy atom. The quantitative estimate of drug-likeness (QED) is 0.254. The van der Waals surface area contributed by atoms with Crippen LogP contribution in [0.25, 0.3) is 22.3 Å². The Kier molecular flexibility index (Phi) is 7.17. The van der Waals surface area contributed by atoms with Crippen LogP contribution in [0.1, 0.15) is 19.4 Å². The van der Waals surface area contributed by atoms with Crippen molar-refractivity contribution in [2.75, 3.05) is 17.4 Å². The Bertz CT molecular complexity index is 1540. The maximum absolute atomic E-state index is 13.8. The third-order valence-corrected chi connectivity index (χ3v) is 6.72. The number of hydrogen-bond donors (Lipinski definition) is 1. The van der Waals surface area contributed by atoms with E-state index in [-0.39, 0.29) is 17.0 Å². The summed E-state index contributed by atoms with van der Waals surface area (Å²) in [5.41, 5.74) is 3.96. The lowest BCUT2D eigenvalue weighted by molar-refractivity contribution is -0.127. The van der Waals surface area contributed by atoms with Gasteiger partial charge in [-0.3, -0.25) is 9.59 Å². The predicted octanol–water partition coefficient (Wildman–Crippen LogP) is 7.12. The molecule has 0 aromatic heterocycles. The molecular formula is C32H27F2N3O3. The maximum atomic E-state index is 13.8. The first-order chi connectivity index (χ1) is 19.2. The number of nitrogens with one attached hydrogen (secondary N) is 1. The summed E-state index contributed by atoms with van der Waals surface area (Å²) in [7, 11) is 1.60. The van der Waals surface area contributed by atoms with Gasteiger partial charge in [0.1, 0.15) is 5.75 Å². The number of anilines is 2. The highest BCUT2D eigenvalue weighted by Gasteiger charge is 2.40. The number of methoxy groups -OCH3 is 1. The molecule has 0 spiro atoms. The summed E-state index contributed by atoms with van der Waals surface area (Å²) in [5, 5.41) is 8.26. The smallest absolute Gasteiger partial charge is 0.270 e. The van der Waals surface area contributed by atoms with Crippen LogP contribution in [0.5, 0.6) is 5.75 Å². The molecule has 1 N–H and O–H groups in total. The van der Waals surface area contributed by atoms with Crippen LogP contribution < -0.4 is 15.1 Å². The van der Waals surface area contributed by atoms with Gasteiger partial charge < -0.3 is 10.1 Å². The highest BCUT2D eigenvalue weighted by molar-refractivity contribution is 6.28. The van der Waals surface area contributed by atoms with Crippen LogP contribution >= 0.6 is 0 Å². The van der Waals surface area contributed by atoms with Gasteiger partial charge in [-0.2, -0.15) is 10.1 Å². The van der Waals surface area contributed by atoms with E-state index in [9.17, 15) is 18.4 Å². The molecule has 4 aromatic carbocycles. The molecule has 1 heterocycles. The summed E-state index contributed by atoms with van der Waals surface area (Å²) in [5.74, 6) is -4.84. The second-order valence-corrected chi connectivity index (χ2v) is 9.59. The zero-order valence-electron chi connectivity index (χ0n) is 22.2. The van der Waals surface area contributed by atoms with E-state index in [1.165, 1.54) is 29.3 Å². The van der Waals surface area contributed by atoms with Crippen molar-refractivity contribution >= 4 is 28.9 Å². The molecule has 1 atom stereocenters. The van der Waals surface area contributed by atoms with Gasteiger partial charge in [0.05, 0.1) is 18.5 Å². The van der Waals surface area contributed by atoms with Crippen molar-refractivity contribution in [3.05, 3.63) is 103 Å². The van der Waals surface area contributed by atoms with Crippen LogP contribution in [0.15, 0.2) is 102 Å². The Morgan fingerprint density at radius 1 is 0.900 bits per heavy atom. The number of benzene rings is 4. The molecule has 202 valence electrons. The monoisotopic (exact) mass is 539 g/mol. The predicted molar refractivity (Wildman–Crippen MR) is 153 cm³/mol. The van der Waals surface area contributed by atoms with Crippen molar-refractivity contribution < 1.29 is 23.1 Å². The summed E-state index contributed by atoms with van der Waals surface area (Å²) in [6, 6.07) is 28.3. The second-order valence-electron chi connectivity index (χ2n) is 9.59. The van der Waals surface area contributed by atoms with Gasteiger partial charge in [0.25, 0.3) is 11.8 Å². The molecule has 0 saturated heterocycles. The number of ether oxygens (including phenoxy) is 1. The van der Waals surface area contributed by atoms with E-state index >= 15 is 0 Å². The van der Waals surface area contributed by atoms with Gasteiger partial charge in [0.2, 0.25) is 5.91 Å². The van der Waals surface area contributed by atoms with Gasteiger partial charge >= 0.3 is 0 Å². The number of alkyl halides is 2. The summed E-state index contributed by atoms with van der Waals surface area (Å²) in [4.78, 5) is 26.8. The zero-order chi connectivity index (χ0) is 28.4. The van der Waals surface area contributed by atoms with Crippen molar-refractivity contribution in [3.63, 3.8) is 0 Å². The molecule has 5 rings (SSSR count). The largest absolute Gasteiger partial charge is 0.495 e. The molecule has 8 heteroatoms. The van der Waals surface area contributed by atoms with Crippen LogP contribution in [-0.4, -0.2) is 24.6 Å². The van der Waals surface area contributed by atoms with E-state index in [1.807, 2.05) is 72.8 Å². The highest BCUT2D eigenvalue weighted by atomic mass is 19.3. The fourth-order valence-corrected chi connectivity index (χ4v) is 4.76. The lowest BCUT2D eigenvalue weighted by Crippen LogP contribution is -2.36. The lowest BCUT2D eigenvalue weighted by Gasteiger charge is -2.20. The van der Waals surface area contributed by atoms with E-state index in [2.05, 4.69) is 10.4 Å². The average Bonchev–Trinajstić information content (AvgIpc) is 3.26. The van der Waals surface area contributed by atoms with E-state index in [4.69, 9.17) is 4.74 Å². The third kappa shape index (κ3) is 5.20. The van der Waals surface area contributed by atoms with Crippen LogP contribution in [0.2, 0.25) is 0 Å². The Balaban J connectivity index is 1.52. The minimum atomic E-state index is -3.07. The molecule has 0 aliphatic carbocycles. The lowest BCUT2D eigenvalue weighted by atomic mass is 9.95. The van der Waals surface area contributed by atoms with Crippen LogP contribution in [0.4, 0.5) is 20.2 Å². The van der Waals surface area contributed by atoms with E-state index < -0.39 is 23.7 Å². The van der Waals surface area contributed by atoms with Gasteiger partial charge in [-0.15, -0.1) is 0 Å². The van der Waals surface area contributed by atoms with E-state index in [0.717, 1.165) is 29.2 Å². The minimum absolute atomic E-state index is 0.172. The first-order valence-corrected chi connectivity index (χ1v) is 12.7. The molecule has 0 bridgehead atoms. The first-order valence-electron chi connectivity index (χ1n) is 12.7. The fraction of sp³-hybridized carbons (Fsp3) is 0.156. The summed E-state index contributed by atoms with van der Waals surface area (Å²) in [6.07, 6.45) is 0. The molecule has 0 fully saturated rings. The molecule has 4 aromatic rings. The van der Waals surface area contributed by atoms with Crippen molar-refractivity contribution in [1.29, 1.82) is 0 Å². The molecule has 0 radical (unpaired) electrons. The molecule has 1 unspecified atom stereocenters. The molecule has 1 aliphatic rings. The summed E-state index contributed by atoms with van der Waals surface area (Å²) < 4.78 is 33.5. The number of carbonyl (C=O) groups excluding carboxylic acids is 2. The van der Waals surface area contributed by atoms with Crippen molar-refractivity contribution in [3.8, 4) is 28.0 Å². The third-order valence-electron chi connectivity index (χ3n) is 6.72. The normalized spacial score (nSPS) is 15.1. The minimum Gasteiger partial charge on any atom is -0.495 e. The Morgan fingerprint density at radius 2 is 1.48 bits per heavy atom.